The van der Waals surface area contributed by atoms with Gasteiger partial charge in [-0.25, -0.2) is 9.97 Å². The summed E-state index contributed by atoms with van der Waals surface area (Å²) < 4.78 is 4.90. The molecule has 1 rings (SSSR count). The number of methoxy groups -OCH3 is 1. The van der Waals surface area contributed by atoms with Crippen molar-refractivity contribution >= 4 is 17.6 Å². The normalized spacial score (nSPS) is 11.7. The summed E-state index contributed by atoms with van der Waals surface area (Å²) in [4.78, 5) is 8.13. The summed E-state index contributed by atoms with van der Waals surface area (Å²) in [5.74, 6) is 0.738. The van der Waals surface area contributed by atoms with Crippen molar-refractivity contribution < 1.29 is 9.94 Å². The van der Waals surface area contributed by atoms with Gasteiger partial charge < -0.3 is 15.7 Å². The van der Waals surface area contributed by atoms with E-state index in [0.29, 0.717) is 17.5 Å². The van der Waals surface area contributed by atoms with Crippen LogP contribution in [0.2, 0.25) is 0 Å². The summed E-state index contributed by atoms with van der Waals surface area (Å²) in [7, 11) is 1.63. The van der Waals surface area contributed by atoms with Crippen LogP contribution in [0.1, 0.15) is 5.69 Å². The predicted octanol–water partition coefficient (Wildman–Crippen LogP) is 0.310. The van der Waals surface area contributed by atoms with E-state index in [1.54, 1.807) is 19.4 Å². The first kappa shape index (κ1) is 11.7. The number of nitrogens with zero attached hydrogens (tertiary/aromatic N) is 3. The maximum absolute atomic E-state index is 8.47. The smallest absolute Gasteiger partial charge is 0.188 e. The Bertz CT molecular complexity index is 345. The van der Waals surface area contributed by atoms with E-state index in [0.717, 1.165) is 5.75 Å². The zero-order valence-electron chi connectivity index (χ0n) is 8.25. The largest absolute Gasteiger partial charge is 0.409 e. The van der Waals surface area contributed by atoms with Crippen molar-refractivity contribution in [3.05, 3.63) is 18.0 Å². The van der Waals surface area contributed by atoms with Crippen LogP contribution in [-0.4, -0.2) is 40.5 Å². The number of rotatable bonds is 5. The number of thioether (sulfide) groups is 1. The number of ether oxygens (including phenoxy) is 1. The molecule has 0 radical (unpaired) electrons. The molecule has 1 heterocycles. The van der Waals surface area contributed by atoms with Gasteiger partial charge in [0.15, 0.2) is 11.0 Å². The van der Waals surface area contributed by atoms with Gasteiger partial charge in [-0.15, -0.1) is 0 Å². The third-order valence-electron chi connectivity index (χ3n) is 1.52. The van der Waals surface area contributed by atoms with Gasteiger partial charge in [0.1, 0.15) is 5.69 Å². The van der Waals surface area contributed by atoms with E-state index in [9.17, 15) is 0 Å². The van der Waals surface area contributed by atoms with Gasteiger partial charge in [0, 0.05) is 19.1 Å². The molecule has 0 fully saturated rings. The van der Waals surface area contributed by atoms with E-state index in [1.165, 1.54) is 11.8 Å². The lowest BCUT2D eigenvalue weighted by Crippen LogP contribution is -2.15. The van der Waals surface area contributed by atoms with Crippen LogP contribution in [0.15, 0.2) is 22.6 Å². The van der Waals surface area contributed by atoms with Crippen LogP contribution in [-0.2, 0) is 4.74 Å². The maximum atomic E-state index is 8.47. The van der Waals surface area contributed by atoms with Crippen molar-refractivity contribution in [2.45, 2.75) is 5.16 Å². The van der Waals surface area contributed by atoms with Gasteiger partial charge in [0.2, 0.25) is 0 Å². The summed E-state index contributed by atoms with van der Waals surface area (Å²) >= 11 is 1.45. The van der Waals surface area contributed by atoms with Gasteiger partial charge in [-0.2, -0.15) is 0 Å². The topological polar surface area (TPSA) is 93.6 Å². The number of aromatic nitrogens is 2. The van der Waals surface area contributed by atoms with E-state index in [1.807, 2.05) is 0 Å². The molecule has 0 aliphatic carbocycles. The Hall–Kier alpha value is -1.34. The molecule has 0 aliphatic rings. The highest BCUT2D eigenvalue weighted by atomic mass is 32.2. The Morgan fingerprint density at radius 2 is 2.53 bits per heavy atom. The lowest BCUT2D eigenvalue weighted by Gasteiger charge is -2.01. The minimum atomic E-state index is -0.0222. The first-order valence-electron chi connectivity index (χ1n) is 4.20. The second kappa shape index (κ2) is 6.20. The van der Waals surface area contributed by atoms with Gasteiger partial charge >= 0.3 is 0 Å². The second-order valence-corrected chi connectivity index (χ2v) is 3.61. The monoisotopic (exact) mass is 228 g/mol. The van der Waals surface area contributed by atoms with Crippen molar-refractivity contribution in [2.24, 2.45) is 10.9 Å². The average molecular weight is 228 g/mol. The average Bonchev–Trinajstić information content (AvgIpc) is 2.29. The fourth-order valence-corrected chi connectivity index (χ4v) is 1.55. The van der Waals surface area contributed by atoms with Gasteiger partial charge in [0.05, 0.1) is 6.61 Å². The molecule has 0 atom stereocenters. The summed E-state index contributed by atoms with van der Waals surface area (Å²) in [6.45, 7) is 0.627. The van der Waals surface area contributed by atoms with E-state index in [-0.39, 0.29) is 5.84 Å². The molecule has 82 valence electrons. The van der Waals surface area contributed by atoms with Crippen molar-refractivity contribution in [3.8, 4) is 0 Å². The zero-order chi connectivity index (χ0) is 11.1. The van der Waals surface area contributed by atoms with Crippen LogP contribution < -0.4 is 5.73 Å². The zero-order valence-corrected chi connectivity index (χ0v) is 9.07. The van der Waals surface area contributed by atoms with Gasteiger partial charge in [-0.3, -0.25) is 0 Å². The van der Waals surface area contributed by atoms with E-state index >= 15 is 0 Å². The quantitative estimate of drug-likeness (QED) is 0.143. The number of oxime groups is 1. The maximum Gasteiger partial charge on any atom is 0.188 e. The molecule has 3 N–H and O–H groups in total. The molecular weight excluding hydrogens is 216 g/mol. The van der Waals surface area contributed by atoms with Crippen LogP contribution in [0.3, 0.4) is 0 Å². The molecule has 0 spiro atoms. The molecule has 0 saturated carbocycles. The molecule has 6 nitrogen and oxygen atoms in total. The van der Waals surface area contributed by atoms with Crippen LogP contribution in [0.4, 0.5) is 0 Å². The molecule has 1 aromatic rings. The predicted molar refractivity (Wildman–Crippen MR) is 57.1 cm³/mol. The minimum Gasteiger partial charge on any atom is -0.409 e. The van der Waals surface area contributed by atoms with Crippen molar-refractivity contribution in [2.75, 3.05) is 19.5 Å². The minimum absolute atomic E-state index is 0.0222. The third kappa shape index (κ3) is 3.72. The number of hydrogen-bond donors (Lipinski definition) is 2. The molecule has 7 heteroatoms. The summed E-state index contributed by atoms with van der Waals surface area (Å²) in [5.41, 5.74) is 5.80. The van der Waals surface area contributed by atoms with Gasteiger partial charge in [-0.05, 0) is 6.07 Å². The van der Waals surface area contributed by atoms with Crippen LogP contribution in [0.5, 0.6) is 0 Å². The lowest BCUT2D eigenvalue weighted by atomic mass is 10.4. The van der Waals surface area contributed by atoms with Crippen molar-refractivity contribution in [1.82, 2.24) is 9.97 Å². The Balaban J connectivity index is 2.66. The molecule has 0 unspecified atom stereocenters. The first-order valence-corrected chi connectivity index (χ1v) is 5.19. The standard InChI is InChI=1S/C8H12N4O2S/c1-14-4-5-15-8-10-3-2-6(11-8)7(9)12-13/h2-3,13H,4-5H2,1H3,(H2,9,12). The highest BCUT2D eigenvalue weighted by Gasteiger charge is 2.03. The van der Waals surface area contributed by atoms with Crippen LogP contribution in [0, 0.1) is 0 Å². The molecule has 0 bridgehead atoms. The molecule has 0 aromatic carbocycles. The first-order chi connectivity index (χ1) is 7.27. The fourth-order valence-electron chi connectivity index (χ4n) is 0.821. The van der Waals surface area contributed by atoms with Crippen LogP contribution >= 0.6 is 11.8 Å². The summed E-state index contributed by atoms with van der Waals surface area (Å²) in [6, 6.07) is 1.58. The Kier molecular flexibility index (Phi) is 4.85. The van der Waals surface area contributed by atoms with Gasteiger partial charge in [0.25, 0.3) is 0 Å². The molecule has 1 aromatic heterocycles. The number of amidine groups is 1. The molecule has 15 heavy (non-hydrogen) atoms. The SMILES string of the molecule is COCCSc1nccc(/C(N)=N/O)n1. The van der Waals surface area contributed by atoms with Crippen molar-refractivity contribution in [1.29, 1.82) is 0 Å². The molecule has 0 aliphatic heterocycles. The van der Waals surface area contributed by atoms with E-state index in [2.05, 4.69) is 15.1 Å². The van der Waals surface area contributed by atoms with Gasteiger partial charge in [-0.1, -0.05) is 16.9 Å². The Morgan fingerprint density at radius 1 is 1.73 bits per heavy atom. The third-order valence-corrected chi connectivity index (χ3v) is 2.35. The fraction of sp³-hybridized carbons (Fsp3) is 0.375. The molecule has 0 saturated heterocycles. The van der Waals surface area contributed by atoms with E-state index < -0.39 is 0 Å². The highest BCUT2D eigenvalue weighted by Crippen LogP contribution is 2.11. The summed E-state index contributed by atoms with van der Waals surface area (Å²) in [6.07, 6.45) is 1.56. The van der Waals surface area contributed by atoms with Crippen molar-refractivity contribution in [3.63, 3.8) is 0 Å². The Labute approximate surface area is 91.6 Å². The number of hydrogen-bond acceptors (Lipinski definition) is 6. The summed E-state index contributed by atoms with van der Waals surface area (Å²) in [5, 5.41) is 11.9. The lowest BCUT2D eigenvalue weighted by molar-refractivity contribution is 0.218. The second-order valence-electron chi connectivity index (χ2n) is 2.55. The number of nitrogens with two attached hydrogens (primary N) is 1. The highest BCUT2D eigenvalue weighted by molar-refractivity contribution is 7.99. The van der Waals surface area contributed by atoms with Crippen LogP contribution in [0.25, 0.3) is 0 Å². The Morgan fingerprint density at radius 3 is 3.20 bits per heavy atom. The van der Waals surface area contributed by atoms with E-state index in [4.69, 9.17) is 15.7 Å². The molecular formula is C8H12N4O2S. The molecule has 0 amide bonds.